The van der Waals surface area contributed by atoms with Crippen LogP contribution in [-0.4, -0.2) is 55.1 Å². The molecule has 0 spiro atoms. The second kappa shape index (κ2) is 5.48. The summed E-state index contributed by atoms with van der Waals surface area (Å²) in [6.07, 6.45) is 5.37. The zero-order chi connectivity index (χ0) is 11.5. The molecule has 0 bridgehead atoms. The van der Waals surface area contributed by atoms with Crippen molar-refractivity contribution in [1.82, 2.24) is 9.80 Å². The Hall–Kier alpha value is -0.120. The number of nitrogens with two attached hydrogens (primary N) is 1. The van der Waals surface area contributed by atoms with Crippen molar-refractivity contribution in [1.29, 1.82) is 0 Å². The molecule has 2 rings (SSSR count). The summed E-state index contributed by atoms with van der Waals surface area (Å²) >= 11 is 0. The number of piperidine rings is 1. The molecule has 3 nitrogen and oxygen atoms in total. The quantitative estimate of drug-likeness (QED) is 0.782. The molecule has 3 unspecified atom stereocenters. The van der Waals surface area contributed by atoms with E-state index in [1.165, 1.54) is 45.3 Å². The zero-order valence-corrected chi connectivity index (χ0v) is 10.9. The standard InChI is InChI=1S/C13H27N3/c1-3-11-4-7-16(13(8-11)9-14)12-5-6-15(2)10-12/h11-13H,3-10,14H2,1-2H3. The summed E-state index contributed by atoms with van der Waals surface area (Å²) in [5, 5.41) is 0. The fourth-order valence-corrected chi connectivity index (χ4v) is 3.42. The molecule has 0 aromatic heterocycles. The predicted octanol–water partition coefficient (Wildman–Crippen LogP) is 1.14. The van der Waals surface area contributed by atoms with Crippen molar-refractivity contribution in [3.05, 3.63) is 0 Å². The first-order chi connectivity index (χ1) is 7.74. The number of hydrogen-bond donors (Lipinski definition) is 1. The van der Waals surface area contributed by atoms with Crippen LogP contribution in [0, 0.1) is 5.92 Å². The van der Waals surface area contributed by atoms with Crippen molar-refractivity contribution in [2.75, 3.05) is 33.2 Å². The van der Waals surface area contributed by atoms with Crippen LogP contribution in [0.1, 0.15) is 32.6 Å². The average Bonchev–Trinajstić information content (AvgIpc) is 2.74. The molecule has 0 aromatic carbocycles. The van der Waals surface area contributed by atoms with Crippen LogP contribution >= 0.6 is 0 Å². The van der Waals surface area contributed by atoms with E-state index in [1.54, 1.807) is 0 Å². The van der Waals surface area contributed by atoms with E-state index < -0.39 is 0 Å². The minimum atomic E-state index is 0.648. The van der Waals surface area contributed by atoms with Gasteiger partial charge in [0, 0.05) is 25.2 Å². The molecule has 2 saturated heterocycles. The van der Waals surface area contributed by atoms with Gasteiger partial charge in [-0.15, -0.1) is 0 Å². The van der Waals surface area contributed by atoms with E-state index in [4.69, 9.17) is 5.73 Å². The SMILES string of the molecule is CCC1CCN(C2CCN(C)C2)C(CN)C1. The van der Waals surface area contributed by atoms with Crippen molar-refractivity contribution in [3.8, 4) is 0 Å². The third-order valence-corrected chi connectivity index (χ3v) is 4.55. The summed E-state index contributed by atoms with van der Waals surface area (Å²) in [6, 6.07) is 1.42. The first-order valence-electron chi connectivity index (χ1n) is 6.89. The fraction of sp³-hybridized carbons (Fsp3) is 1.00. The number of likely N-dealkylation sites (tertiary alicyclic amines) is 2. The van der Waals surface area contributed by atoms with Gasteiger partial charge in [-0.2, -0.15) is 0 Å². The highest BCUT2D eigenvalue weighted by Crippen LogP contribution is 2.28. The Morgan fingerprint density at radius 3 is 2.62 bits per heavy atom. The van der Waals surface area contributed by atoms with Gasteiger partial charge in [0.1, 0.15) is 0 Å². The second-order valence-corrected chi connectivity index (χ2v) is 5.63. The Kier molecular flexibility index (Phi) is 4.22. The van der Waals surface area contributed by atoms with Crippen molar-refractivity contribution in [3.63, 3.8) is 0 Å². The third-order valence-electron chi connectivity index (χ3n) is 4.55. The van der Waals surface area contributed by atoms with Crippen LogP contribution in [0.15, 0.2) is 0 Å². The minimum Gasteiger partial charge on any atom is -0.329 e. The second-order valence-electron chi connectivity index (χ2n) is 5.63. The van der Waals surface area contributed by atoms with Crippen LogP contribution in [0.3, 0.4) is 0 Å². The Bertz CT molecular complexity index is 219. The number of hydrogen-bond acceptors (Lipinski definition) is 3. The molecule has 94 valence electrons. The number of nitrogens with zero attached hydrogens (tertiary/aromatic N) is 2. The maximum absolute atomic E-state index is 5.96. The van der Waals surface area contributed by atoms with Crippen LogP contribution in [0.25, 0.3) is 0 Å². The Morgan fingerprint density at radius 1 is 1.25 bits per heavy atom. The molecular formula is C13H27N3. The first-order valence-corrected chi connectivity index (χ1v) is 6.89. The van der Waals surface area contributed by atoms with Gasteiger partial charge in [0.05, 0.1) is 0 Å². The van der Waals surface area contributed by atoms with Gasteiger partial charge in [-0.05, 0) is 45.3 Å². The lowest BCUT2D eigenvalue weighted by atomic mass is 9.88. The average molecular weight is 225 g/mol. The van der Waals surface area contributed by atoms with Gasteiger partial charge in [0.15, 0.2) is 0 Å². The summed E-state index contributed by atoms with van der Waals surface area (Å²) in [7, 11) is 2.23. The van der Waals surface area contributed by atoms with Crippen LogP contribution in [0.4, 0.5) is 0 Å². The molecule has 2 heterocycles. The molecule has 2 aliphatic heterocycles. The number of likely N-dealkylation sites (N-methyl/N-ethyl adjacent to an activating group) is 1. The molecule has 0 amide bonds. The molecule has 3 atom stereocenters. The van der Waals surface area contributed by atoms with E-state index in [0.29, 0.717) is 6.04 Å². The molecule has 16 heavy (non-hydrogen) atoms. The fourth-order valence-electron chi connectivity index (χ4n) is 3.42. The summed E-state index contributed by atoms with van der Waals surface area (Å²) in [5.74, 6) is 0.920. The van der Waals surface area contributed by atoms with Crippen LogP contribution < -0.4 is 5.73 Å². The van der Waals surface area contributed by atoms with Crippen molar-refractivity contribution < 1.29 is 0 Å². The normalized spacial score (nSPS) is 38.1. The molecule has 0 radical (unpaired) electrons. The summed E-state index contributed by atoms with van der Waals surface area (Å²) < 4.78 is 0. The van der Waals surface area contributed by atoms with E-state index in [2.05, 4.69) is 23.8 Å². The molecule has 2 fully saturated rings. The maximum atomic E-state index is 5.96. The van der Waals surface area contributed by atoms with E-state index in [9.17, 15) is 0 Å². The van der Waals surface area contributed by atoms with Crippen molar-refractivity contribution in [2.45, 2.75) is 44.7 Å². The highest BCUT2D eigenvalue weighted by Gasteiger charge is 2.34. The molecule has 0 aliphatic carbocycles. The van der Waals surface area contributed by atoms with Gasteiger partial charge in [-0.25, -0.2) is 0 Å². The van der Waals surface area contributed by atoms with Gasteiger partial charge in [-0.3, -0.25) is 4.90 Å². The Morgan fingerprint density at radius 2 is 2.06 bits per heavy atom. The molecule has 2 aliphatic rings. The monoisotopic (exact) mass is 225 g/mol. The van der Waals surface area contributed by atoms with E-state index in [1.807, 2.05) is 0 Å². The summed E-state index contributed by atoms with van der Waals surface area (Å²) in [4.78, 5) is 5.15. The van der Waals surface area contributed by atoms with Crippen LogP contribution in [0.2, 0.25) is 0 Å². The van der Waals surface area contributed by atoms with Crippen LogP contribution in [-0.2, 0) is 0 Å². The van der Waals surface area contributed by atoms with Gasteiger partial charge in [-0.1, -0.05) is 13.3 Å². The smallest absolute Gasteiger partial charge is 0.0238 e. The van der Waals surface area contributed by atoms with Gasteiger partial charge in [0.2, 0.25) is 0 Å². The first kappa shape index (κ1) is 12.3. The van der Waals surface area contributed by atoms with Gasteiger partial charge >= 0.3 is 0 Å². The van der Waals surface area contributed by atoms with Crippen LogP contribution in [0.5, 0.6) is 0 Å². The third kappa shape index (κ3) is 2.58. The maximum Gasteiger partial charge on any atom is 0.0238 e. The lowest BCUT2D eigenvalue weighted by molar-refractivity contribution is 0.0741. The van der Waals surface area contributed by atoms with Gasteiger partial charge in [0.25, 0.3) is 0 Å². The van der Waals surface area contributed by atoms with E-state index >= 15 is 0 Å². The minimum absolute atomic E-state index is 0.648. The molecular weight excluding hydrogens is 198 g/mol. The predicted molar refractivity (Wildman–Crippen MR) is 68.5 cm³/mol. The highest BCUT2D eigenvalue weighted by molar-refractivity contribution is 4.90. The Balaban J connectivity index is 1.93. The van der Waals surface area contributed by atoms with E-state index in [0.717, 1.165) is 18.5 Å². The lowest BCUT2D eigenvalue weighted by Gasteiger charge is -2.42. The largest absolute Gasteiger partial charge is 0.329 e. The zero-order valence-electron chi connectivity index (χ0n) is 10.9. The van der Waals surface area contributed by atoms with Crippen molar-refractivity contribution in [2.24, 2.45) is 11.7 Å². The lowest BCUT2D eigenvalue weighted by Crippen LogP contribution is -2.52. The summed E-state index contributed by atoms with van der Waals surface area (Å²) in [5.41, 5.74) is 5.96. The molecule has 2 N–H and O–H groups in total. The molecule has 3 heteroatoms. The highest BCUT2D eigenvalue weighted by atomic mass is 15.3. The summed E-state index contributed by atoms with van der Waals surface area (Å²) in [6.45, 7) is 6.94. The molecule has 0 aromatic rings. The van der Waals surface area contributed by atoms with Gasteiger partial charge < -0.3 is 10.6 Å². The topological polar surface area (TPSA) is 32.5 Å². The van der Waals surface area contributed by atoms with Crippen molar-refractivity contribution >= 4 is 0 Å². The molecule has 0 saturated carbocycles. The van der Waals surface area contributed by atoms with E-state index in [-0.39, 0.29) is 0 Å². The number of rotatable bonds is 3. The Labute approximate surface area is 100.0 Å².